The molecule has 0 N–H and O–H groups in total. The Labute approximate surface area is 204 Å². The lowest BCUT2D eigenvalue weighted by atomic mass is 9.99. The fourth-order valence-electron chi connectivity index (χ4n) is 6.58. The lowest BCUT2D eigenvalue weighted by Crippen LogP contribution is -2.26. The van der Waals surface area contributed by atoms with E-state index in [0.717, 1.165) is 23.4 Å². The van der Waals surface area contributed by atoms with E-state index in [4.69, 9.17) is 0 Å². The summed E-state index contributed by atoms with van der Waals surface area (Å²) in [6.45, 7) is 2.64. The first-order valence-electron chi connectivity index (χ1n) is 13.4. The van der Waals surface area contributed by atoms with Gasteiger partial charge in [-0.1, -0.05) is 126 Å². The number of benzene rings is 2. The van der Waals surface area contributed by atoms with Crippen LogP contribution < -0.4 is 10.6 Å². The molecule has 3 aliphatic rings. The number of allylic oxidation sites excluding steroid dienone is 4. The minimum absolute atomic E-state index is 0.0428. The molecular formula is C31H40P2. The van der Waals surface area contributed by atoms with Crippen LogP contribution in [-0.2, 0) is 0 Å². The standard InChI is InChI=1S/C31H40P2/c1-25(32(26-15-6-2-7-16-26)27-17-8-3-9-18-27)30-23-14-24-31(30)33(28-19-10-4-11-20-28)29-21-12-5-13-22-29/h4-5,10-14,19-23,25-27H,2-3,6-9,15-18,24H2,1H3. The van der Waals surface area contributed by atoms with E-state index in [9.17, 15) is 0 Å². The van der Waals surface area contributed by atoms with E-state index in [1.807, 2.05) is 0 Å². The summed E-state index contributed by atoms with van der Waals surface area (Å²) in [4.78, 5) is 0. The Morgan fingerprint density at radius 1 is 0.667 bits per heavy atom. The van der Waals surface area contributed by atoms with Gasteiger partial charge in [0.25, 0.3) is 0 Å². The molecule has 2 aromatic rings. The maximum absolute atomic E-state index is 2.64. The molecule has 2 aromatic carbocycles. The average Bonchev–Trinajstić information content (AvgIpc) is 3.36. The largest absolute Gasteiger partial charge is 0.0929 e. The summed E-state index contributed by atoms with van der Waals surface area (Å²) in [5, 5.41) is 4.78. The molecular weight excluding hydrogens is 434 g/mol. The molecule has 1 unspecified atom stereocenters. The van der Waals surface area contributed by atoms with Gasteiger partial charge in [0.1, 0.15) is 0 Å². The first-order valence-corrected chi connectivity index (χ1v) is 16.3. The third-order valence-electron chi connectivity index (χ3n) is 8.13. The van der Waals surface area contributed by atoms with Gasteiger partial charge in [-0.15, -0.1) is 0 Å². The molecule has 0 nitrogen and oxygen atoms in total. The summed E-state index contributed by atoms with van der Waals surface area (Å²) in [6, 6.07) is 22.8. The van der Waals surface area contributed by atoms with Crippen molar-refractivity contribution in [1.29, 1.82) is 0 Å². The lowest BCUT2D eigenvalue weighted by molar-refractivity contribution is 0.482. The molecule has 0 aromatic heterocycles. The molecule has 5 rings (SSSR count). The van der Waals surface area contributed by atoms with Crippen molar-refractivity contribution in [3.05, 3.63) is 83.7 Å². The van der Waals surface area contributed by atoms with Crippen molar-refractivity contribution in [2.45, 2.75) is 94.5 Å². The predicted octanol–water partition coefficient (Wildman–Crippen LogP) is 8.87. The van der Waals surface area contributed by atoms with E-state index in [1.165, 1.54) is 74.8 Å². The molecule has 0 heterocycles. The van der Waals surface area contributed by atoms with Crippen LogP contribution in [0, 0.1) is 0 Å². The minimum Gasteiger partial charge on any atom is -0.0929 e. The monoisotopic (exact) mass is 474 g/mol. The van der Waals surface area contributed by atoms with E-state index in [0.29, 0.717) is 0 Å². The molecule has 33 heavy (non-hydrogen) atoms. The fourth-order valence-corrected chi connectivity index (χ4v) is 13.7. The minimum atomic E-state index is -0.456. The van der Waals surface area contributed by atoms with Crippen LogP contribution in [0.4, 0.5) is 0 Å². The van der Waals surface area contributed by atoms with Crippen molar-refractivity contribution in [2.24, 2.45) is 0 Å². The van der Waals surface area contributed by atoms with Crippen molar-refractivity contribution < 1.29 is 0 Å². The third kappa shape index (κ3) is 5.39. The van der Waals surface area contributed by atoms with Crippen molar-refractivity contribution in [3.8, 4) is 0 Å². The Balaban J connectivity index is 1.54. The molecule has 1 atom stereocenters. The maximum atomic E-state index is 2.64. The molecule has 0 aliphatic heterocycles. The Morgan fingerprint density at radius 2 is 1.15 bits per heavy atom. The molecule has 3 aliphatic carbocycles. The van der Waals surface area contributed by atoms with Crippen LogP contribution in [0.5, 0.6) is 0 Å². The normalized spacial score (nSPS) is 21.3. The smallest absolute Gasteiger partial charge is 0.00217 e. The Hall–Kier alpha value is -1.22. The summed E-state index contributed by atoms with van der Waals surface area (Å²) in [6.07, 6.45) is 21.1. The third-order valence-corrected chi connectivity index (χ3v) is 14.6. The van der Waals surface area contributed by atoms with Crippen LogP contribution in [0.3, 0.4) is 0 Å². The maximum Gasteiger partial charge on any atom is 0.00217 e. The first-order chi connectivity index (χ1) is 16.3. The van der Waals surface area contributed by atoms with E-state index in [1.54, 1.807) is 10.9 Å². The van der Waals surface area contributed by atoms with Crippen LogP contribution >= 0.6 is 15.8 Å². The molecule has 0 spiro atoms. The highest BCUT2D eigenvalue weighted by Crippen LogP contribution is 2.62. The van der Waals surface area contributed by atoms with Gasteiger partial charge in [0.2, 0.25) is 0 Å². The van der Waals surface area contributed by atoms with Gasteiger partial charge < -0.3 is 0 Å². The molecule has 2 saturated carbocycles. The second-order valence-electron chi connectivity index (χ2n) is 10.2. The highest BCUT2D eigenvalue weighted by Gasteiger charge is 2.37. The molecule has 0 bridgehead atoms. The fraction of sp³-hybridized carbons (Fsp3) is 0.484. The van der Waals surface area contributed by atoms with Gasteiger partial charge in [0.15, 0.2) is 0 Å². The van der Waals surface area contributed by atoms with Gasteiger partial charge in [-0.3, -0.25) is 0 Å². The SMILES string of the molecule is CC(C1=C(P(c2ccccc2)c2ccccc2)CC=C1)P(C1CCCCC1)C1CCCCC1. The van der Waals surface area contributed by atoms with E-state index < -0.39 is 7.92 Å². The summed E-state index contributed by atoms with van der Waals surface area (Å²) in [5.41, 5.74) is 4.50. The van der Waals surface area contributed by atoms with Crippen LogP contribution in [0.1, 0.15) is 77.6 Å². The van der Waals surface area contributed by atoms with Gasteiger partial charge in [-0.25, -0.2) is 0 Å². The van der Waals surface area contributed by atoms with Gasteiger partial charge in [-0.2, -0.15) is 0 Å². The molecule has 0 amide bonds. The molecule has 2 fully saturated rings. The van der Waals surface area contributed by atoms with Crippen molar-refractivity contribution in [3.63, 3.8) is 0 Å². The predicted molar refractivity (Wildman–Crippen MR) is 150 cm³/mol. The zero-order valence-electron chi connectivity index (χ0n) is 20.3. The zero-order chi connectivity index (χ0) is 22.5. The summed E-state index contributed by atoms with van der Waals surface area (Å²) < 4.78 is 0. The Kier molecular flexibility index (Phi) is 8.18. The highest BCUT2D eigenvalue weighted by atomic mass is 31.1. The summed E-state index contributed by atoms with van der Waals surface area (Å²) in [5.74, 6) is 0. The van der Waals surface area contributed by atoms with Gasteiger partial charge in [0.05, 0.1) is 0 Å². The second kappa shape index (κ2) is 11.5. The molecule has 2 heteroatoms. The van der Waals surface area contributed by atoms with Crippen molar-refractivity contribution in [2.75, 3.05) is 0 Å². The molecule has 174 valence electrons. The van der Waals surface area contributed by atoms with Crippen LogP contribution in [0.15, 0.2) is 83.7 Å². The van der Waals surface area contributed by atoms with E-state index in [2.05, 4.69) is 79.7 Å². The topological polar surface area (TPSA) is 0 Å². The van der Waals surface area contributed by atoms with E-state index >= 15 is 0 Å². The quantitative estimate of drug-likeness (QED) is 0.352. The average molecular weight is 475 g/mol. The van der Waals surface area contributed by atoms with Gasteiger partial charge >= 0.3 is 0 Å². The van der Waals surface area contributed by atoms with Gasteiger partial charge in [0, 0.05) is 5.66 Å². The molecule has 0 radical (unpaired) electrons. The van der Waals surface area contributed by atoms with Gasteiger partial charge in [-0.05, 0) is 72.8 Å². The Morgan fingerprint density at radius 3 is 1.64 bits per heavy atom. The number of hydrogen-bond donors (Lipinski definition) is 0. The number of rotatable bonds is 7. The van der Waals surface area contributed by atoms with Crippen molar-refractivity contribution in [1.82, 2.24) is 0 Å². The second-order valence-corrected chi connectivity index (χ2v) is 15.6. The highest BCUT2D eigenvalue weighted by molar-refractivity contribution is 7.76. The number of hydrogen-bond acceptors (Lipinski definition) is 0. The van der Waals surface area contributed by atoms with Crippen LogP contribution in [-0.4, -0.2) is 17.0 Å². The summed E-state index contributed by atoms with van der Waals surface area (Å²) in [7, 11) is -0.413. The Bertz CT molecular complexity index is 876. The van der Waals surface area contributed by atoms with E-state index in [-0.39, 0.29) is 7.92 Å². The lowest BCUT2D eigenvalue weighted by Gasteiger charge is -2.43. The summed E-state index contributed by atoms with van der Waals surface area (Å²) >= 11 is 0. The van der Waals surface area contributed by atoms with Crippen LogP contribution in [0.2, 0.25) is 0 Å². The zero-order valence-corrected chi connectivity index (χ0v) is 22.1. The molecule has 0 saturated heterocycles. The van der Waals surface area contributed by atoms with Crippen molar-refractivity contribution >= 4 is 26.5 Å². The first kappa shape index (κ1) is 23.5. The van der Waals surface area contributed by atoms with Crippen LogP contribution in [0.25, 0.3) is 0 Å².